The number of anilines is 1. The van der Waals surface area contributed by atoms with Crippen LogP contribution < -0.4 is 4.90 Å². The van der Waals surface area contributed by atoms with Crippen molar-refractivity contribution in [3.05, 3.63) is 54.6 Å². The number of benzene rings is 1. The topological polar surface area (TPSA) is 90.4 Å². The van der Waals surface area contributed by atoms with Gasteiger partial charge < -0.3 is 24.5 Å². The predicted octanol–water partition coefficient (Wildman–Crippen LogP) is 3.31. The molecule has 1 aromatic rings. The van der Waals surface area contributed by atoms with E-state index in [-0.39, 0.29) is 36.3 Å². The Balaban J connectivity index is 1.48. The number of carbonyl (C=O) groups excluding carboxylic acids is 3. The largest absolute Gasteiger partial charge is 0.394 e. The van der Waals surface area contributed by atoms with E-state index in [1.165, 1.54) is 6.42 Å². The van der Waals surface area contributed by atoms with Gasteiger partial charge in [-0.15, -0.1) is 0 Å². The van der Waals surface area contributed by atoms with Crippen LogP contribution in [0.4, 0.5) is 5.69 Å². The predicted molar refractivity (Wildman–Crippen MR) is 151 cm³/mol. The van der Waals surface area contributed by atoms with Crippen molar-refractivity contribution < 1.29 is 24.2 Å². The number of ether oxygens (including phenoxy) is 1. The van der Waals surface area contributed by atoms with Crippen LogP contribution in [-0.4, -0.2) is 81.7 Å². The minimum atomic E-state index is -1.31. The van der Waals surface area contributed by atoms with Crippen LogP contribution in [0.1, 0.15) is 52.9 Å². The van der Waals surface area contributed by atoms with Crippen LogP contribution in [0.3, 0.4) is 0 Å². The second-order valence-corrected chi connectivity index (χ2v) is 12.6. The number of carbonyl (C=O) groups is 3. The van der Waals surface area contributed by atoms with Gasteiger partial charge in [-0.2, -0.15) is 0 Å². The van der Waals surface area contributed by atoms with E-state index >= 15 is 0 Å². The maximum absolute atomic E-state index is 14.6. The van der Waals surface area contributed by atoms with Crippen molar-refractivity contribution in [2.24, 2.45) is 17.8 Å². The number of likely N-dealkylation sites (tertiary alicyclic amines) is 1. The van der Waals surface area contributed by atoms with Crippen LogP contribution in [0.5, 0.6) is 0 Å². The zero-order valence-electron chi connectivity index (χ0n) is 23.7. The van der Waals surface area contributed by atoms with E-state index in [9.17, 15) is 19.5 Å². The van der Waals surface area contributed by atoms with E-state index in [1.54, 1.807) is 9.80 Å². The molecule has 1 spiro atoms. The maximum Gasteiger partial charge on any atom is 0.249 e. The van der Waals surface area contributed by atoms with Crippen molar-refractivity contribution in [1.29, 1.82) is 0 Å². The third kappa shape index (κ3) is 3.97. The average molecular weight is 548 g/mol. The summed E-state index contributed by atoms with van der Waals surface area (Å²) in [4.78, 5) is 48.9. The van der Waals surface area contributed by atoms with Gasteiger partial charge in [0.15, 0.2) is 0 Å². The molecule has 0 bridgehead atoms. The summed E-state index contributed by atoms with van der Waals surface area (Å²) in [5.41, 5.74) is -1.62. The summed E-state index contributed by atoms with van der Waals surface area (Å²) < 4.78 is 6.95. The van der Waals surface area contributed by atoms with Gasteiger partial charge in [0.05, 0.1) is 30.1 Å². The molecule has 1 unspecified atom stereocenters. The van der Waals surface area contributed by atoms with E-state index in [2.05, 4.69) is 0 Å². The SMILES string of the molecule is CC(C)[C@H](CO)N1C(=O)[C@@H]2[C@H]3C(=O)N(c4ccccc4)CC=C[C@@]3(C)O[C@@]23C=CCN(C2CCCCC2)C(=O)C13. The number of nitrogens with zero attached hydrogens (tertiary/aromatic N) is 3. The van der Waals surface area contributed by atoms with Crippen LogP contribution in [0.2, 0.25) is 0 Å². The fourth-order valence-corrected chi connectivity index (χ4v) is 8.02. The quantitative estimate of drug-likeness (QED) is 0.572. The van der Waals surface area contributed by atoms with E-state index in [0.29, 0.717) is 13.1 Å². The molecular formula is C32H41N3O5. The zero-order chi connectivity index (χ0) is 28.2. The first-order valence-electron chi connectivity index (χ1n) is 14.9. The summed E-state index contributed by atoms with van der Waals surface area (Å²) in [6.07, 6.45) is 12.9. The number of aliphatic hydroxyl groups excluding tert-OH is 1. The highest BCUT2D eigenvalue weighted by Crippen LogP contribution is 2.58. The van der Waals surface area contributed by atoms with E-state index in [4.69, 9.17) is 4.74 Å². The van der Waals surface area contributed by atoms with Gasteiger partial charge in [-0.25, -0.2) is 0 Å². The molecule has 3 amide bonds. The first kappa shape index (κ1) is 27.2. The van der Waals surface area contributed by atoms with Crippen LogP contribution >= 0.6 is 0 Å². The number of para-hydroxylation sites is 1. The summed E-state index contributed by atoms with van der Waals surface area (Å²) in [5.74, 6) is -2.41. The van der Waals surface area contributed by atoms with Crippen molar-refractivity contribution in [2.75, 3.05) is 24.6 Å². The molecule has 1 saturated carbocycles. The molecule has 8 heteroatoms. The van der Waals surface area contributed by atoms with Gasteiger partial charge in [-0.05, 0) is 37.8 Å². The van der Waals surface area contributed by atoms with Crippen LogP contribution in [0, 0.1) is 17.8 Å². The third-order valence-corrected chi connectivity index (χ3v) is 9.92. The standard InChI is InChI=1S/C32H41N3O5/c1-21(2)24(20-36)35-27-30(39)34(23-14-8-5-9-15-23)19-11-17-32(27)26(29(35)38)25-28(37)33(22-12-6-4-7-13-22)18-10-16-31(25,3)40-32/h4,6-7,10-13,16-17,21,23-27,36H,5,8-9,14-15,18-20H2,1-3H3/t24-,25-,26-,27?,31+,32-/m0/s1. The summed E-state index contributed by atoms with van der Waals surface area (Å²) in [6.45, 7) is 6.33. The summed E-state index contributed by atoms with van der Waals surface area (Å²) >= 11 is 0. The number of fused-ring (bicyclic) bond motifs is 2. The molecule has 4 aliphatic heterocycles. The van der Waals surface area contributed by atoms with Crippen molar-refractivity contribution in [1.82, 2.24) is 9.80 Å². The maximum atomic E-state index is 14.6. The Kier molecular flexibility index (Phi) is 6.90. The Morgan fingerprint density at radius 2 is 1.62 bits per heavy atom. The summed E-state index contributed by atoms with van der Waals surface area (Å²) in [6, 6.07) is 8.07. The highest BCUT2D eigenvalue weighted by molar-refractivity contribution is 6.04. The van der Waals surface area contributed by atoms with Gasteiger partial charge in [-0.3, -0.25) is 14.4 Å². The normalized spacial score (nSPS) is 35.1. The Labute approximate surface area is 236 Å². The minimum absolute atomic E-state index is 0.0927. The Bertz CT molecular complexity index is 1220. The Hall–Kier alpha value is -2.97. The molecule has 8 nitrogen and oxygen atoms in total. The third-order valence-electron chi connectivity index (χ3n) is 9.92. The molecule has 0 radical (unpaired) electrons. The van der Waals surface area contributed by atoms with Gasteiger partial charge in [0.25, 0.3) is 0 Å². The second-order valence-electron chi connectivity index (χ2n) is 12.6. The van der Waals surface area contributed by atoms with Gasteiger partial charge in [0, 0.05) is 24.8 Å². The van der Waals surface area contributed by atoms with Crippen LogP contribution in [-0.2, 0) is 19.1 Å². The van der Waals surface area contributed by atoms with E-state index < -0.39 is 35.1 Å². The van der Waals surface area contributed by atoms with Crippen molar-refractivity contribution >= 4 is 23.4 Å². The molecule has 40 heavy (non-hydrogen) atoms. The molecule has 1 aromatic carbocycles. The first-order valence-corrected chi connectivity index (χ1v) is 14.9. The molecule has 3 fully saturated rings. The minimum Gasteiger partial charge on any atom is -0.394 e. The lowest BCUT2D eigenvalue weighted by Gasteiger charge is -2.43. The molecule has 6 rings (SSSR count). The van der Waals surface area contributed by atoms with Crippen LogP contribution in [0.15, 0.2) is 54.6 Å². The number of hydrogen-bond donors (Lipinski definition) is 1. The molecule has 0 aromatic heterocycles. The fourth-order valence-electron chi connectivity index (χ4n) is 8.02. The lowest BCUT2D eigenvalue weighted by atomic mass is 9.74. The van der Waals surface area contributed by atoms with Crippen molar-refractivity contribution in [2.45, 2.75) is 82.2 Å². The number of hydrogen-bond acceptors (Lipinski definition) is 5. The number of aliphatic hydroxyl groups is 1. The highest BCUT2D eigenvalue weighted by atomic mass is 16.5. The molecular weight excluding hydrogens is 506 g/mol. The second kappa shape index (κ2) is 10.1. The molecule has 5 aliphatic rings. The zero-order valence-corrected chi connectivity index (χ0v) is 23.7. The Morgan fingerprint density at radius 3 is 2.30 bits per heavy atom. The van der Waals surface area contributed by atoms with Gasteiger partial charge >= 0.3 is 0 Å². The lowest BCUT2D eigenvalue weighted by molar-refractivity contribution is -0.157. The average Bonchev–Trinajstić information content (AvgIpc) is 3.21. The highest BCUT2D eigenvalue weighted by Gasteiger charge is 2.75. The monoisotopic (exact) mass is 547 g/mol. The van der Waals surface area contributed by atoms with Gasteiger partial charge in [-0.1, -0.05) is 75.6 Å². The smallest absolute Gasteiger partial charge is 0.249 e. The molecule has 2 saturated heterocycles. The van der Waals surface area contributed by atoms with Crippen molar-refractivity contribution in [3.63, 3.8) is 0 Å². The van der Waals surface area contributed by atoms with E-state index in [1.807, 2.05) is 80.3 Å². The van der Waals surface area contributed by atoms with Crippen LogP contribution in [0.25, 0.3) is 0 Å². The first-order chi connectivity index (χ1) is 19.2. The molecule has 4 heterocycles. The van der Waals surface area contributed by atoms with E-state index in [0.717, 1.165) is 31.4 Å². The molecule has 1 aliphatic carbocycles. The summed E-state index contributed by atoms with van der Waals surface area (Å²) in [7, 11) is 0. The lowest BCUT2D eigenvalue weighted by Crippen LogP contribution is -2.60. The number of amides is 3. The molecule has 214 valence electrons. The van der Waals surface area contributed by atoms with Gasteiger partial charge in [0.1, 0.15) is 11.6 Å². The molecule has 1 N–H and O–H groups in total. The number of rotatable bonds is 5. The molecule has 6 atom stereocenters. The van der Waals surface area contributed by atoms with Gasteiger partial charge in [0.2, 0.25) is 17.7 Å². The summed E-state index contributed by atoms with van der Waals surface area (Å²) in [5, 5.41) is 10.5. The Morgan fingerprint density at radius 1 is 0.925 bits per heavy atom. The van der Waals surface area contributed by atoms with Crippen molar-refractivity contribution in [3.8, 4) is 0 Å². The fraction of sp³-hybridized carbons (Fsp3) is 0.594.